The van der Waals surface area contributed by atoms with Crippen molar-refractivity contribution >= 4 is 5.78 Å². The highest BCUT2D eigenvalue weighted by Crippen LogP contribution is 2.13. The summed E-state index contributed by atoms with van der Waals surface area (Å²) in [6, 6.07) is 6.25. The molecule has 0 fully saturated rings. The van der Waals surface area contributed by atoms with E-state index in [4.69, 9.17) is 4.74 Å². The molecule has 5 heteroatoms. The molecule has 1 aromatic carbocycles. The monoisotopic (exact) mass is 216 g/mol. The van der Waals surface area contributed by atoms with Crippen molar-refractivity contribution in [3.05, 3.63) is 29.8 Å². The van der Waals surface area contributed by atoms with Gasteiger partial charge in [-0.1, -0.05) is 12.1 Å². The molecule has 0 saturated carbocycles. The smallest absolute Gasteiger partial charge is 0.345 e. The fourth-order valence-electron chi connectivity index (χ4n) is 1.02. The third kappa shape index (κ3) is 3.63. The molecule has 1 aromatic rings. The predicted molar refractivity (Wildman–Crippen MR) is 49.3 cm³/mol. The zero-order valence-electron chi connectivity index (χ0n) is 8.07. The molecule has 0 heterocycles. The Kier molecular flexibility index (Phi) is 4.17. The Labute approximate surface area is 85.6 Å². The van der Waals surface area contributed by atoms with Crippen molar-refractivity contribution in [1.29, 1.82) is 0 Å². The second kappa shape index (κ2) is 5.41. The standard InChI is InChI=1S/C10H10F2O3/c1-14-8-4-2-3-7(5-8)9(13)6-15-10(11)12/h2-5,10H,6H2,1H3. The lowest BCUT2D eigenvalue weighted by Gasteiger charge is -2.04. The van der Waals surface area contributed by atoms with Gasteiger partial charge in [0, 0.05) is 5.56 Å². The van der Waals surface area contributed by atoms with E-state index in [2.05, 4.69) is 4.74 Å². The number of rotatable bonds is 5. The van der Waals surface area contributed by atoms with Crippen molar-refractivity contribution in [1.82, 2.24) is 0 Å². The zero-order valence-corrected chi connectivity index (χ0v) is 8.07. The Bertz CT molecular complexity index is 339. The van der Waals surface area contributed by atoms with Crippen molar-refractivity contribution in [2.24, 2.45) is 0 Å². The Morgan fingerprint density at radius 3 is 2.80 bits per heavy atom. The van der Waals surface area contributed by atoms with Crippen LogP contribution >= 0.6 is 0 Å². The number of carbonyl (C=O) groups is 1. The van der Waals surface area contributed by atoms with Gasteiger partial charge in [-0.15, -0.1) is 0 Å². The molecule has 0 aromatic heterocycles. The summed E-state index contributed by atoms with van der Waals surface area (Å²) in [6.45, 7) is -3.57. The number of hydrogen-bond acceptors (Lipinski definition) is 3. The summed E-state index contributed by atoms with van der Waals surface area (Å²) >= 11 is 0. The van der Waals surface area contributed by atoms with E-state index in [-0.39, 0.29) is 5.56 Å². The van der Waals surface area contributed by atoms with E-state index >= 15 is 0 Å². The summed E-state index contributed by atoms with van der Waals surface area (Å²) in [6.07, 6.45) is 0. The van der Waals surface area contributed by atoms with Gasteiger partial charge in [-0.05, 0) is 12.1 Å². The van der Waals surface area contributed by atoms with Gasteiger partial charge in [-0.3, -0.25) is 4.79 Å². The van der Waals surface area contributed by atoms with E-state index in [1.54, 1.807) is 12.1 Å². The SMILES string of the molecule is COc1cccc(C(=O)COC(F)F)c1. The van der Waals surface area contributed by atoms with Crippen LogP contribution in [-0.2, 0) is 4.74 Å². The first-order chi connectivity index (χ1) is 7.13. The van der Waals surface area contributed by atoms with E-state index in [1.807, 2.05) is 0 Å². The fourth-order valence-corrected chi connectivity index (χ4v) is 1.02. The number of benzene rings is 1. The molecule has 3 nitrogen and oxygen atoms in total. The maximum Gasteiger partial charge on any atom is 0.345 e. The third-order valence-corrected chi connectivity index (χ3v) is 1.73. The predicted octanol–water partition coefficient (Wildman–Crippen LogP) is 2.12. The molecule has 0 unspecified atom stereocenters. The van der Waals surface area contributed by atoms with E-state index in [9.17, 15) is 13.6 Å². The maximum atomic E-state index is 11.7. The highest BCUT2D eigenvalue weighted by molar-refractivity contribution is 5.97. The van der Waals surface area contributed by atoms with Crippen LogP contribution in [0.3, 0.4) is 0 Å². The summed E-state index contributed by atoms with van der Waals surface area (Å²) in [5.74, 6) is -0.00732. The van der Waals surface area contributed by atoms with Crippen LogP contribution in [0.5, 0.6) is 5.75 Å². The fraction of sp³-hybridized carbons (Fsp3) is 0.300. The molecule has 0 spiro atoms. The molecule has 0 N–H and O–H groups in total. The van der Waals surface area contributed by atoms with Gasteiger partial charge >= 0.3 is 6.61 Å². The largest absolute Gasteiger partial charge is 0.497 e. The summed E-state index contributed by atoms with van der Waals surface area (Å²) in [4.78, 5) is 11.3. The van der Waals surface area contributed by atoms with Crippen LogP contribution in [0.15, 0.2) is 24.3 Å². The first-order valence-corrected chi connectivity index (χ1v) is 4.20. The van der Waals surface area contributed by atoms with E-state index in [0.717, 1.165) is 0 Å². The molecular formula is C10H10F2O3. The van der Waals surface area contributed by atoms with Crippen molar-refractivity contribution in [2.75, 3.05) is 13.7 Å². The van der Waals surface area contributed by atoms with Gasteiger partial charge in [-0.2, -0.15) is 8.78 Å². The topological polar surface area (TPSA) is 35.5 Å². The Hall–Kier alpha value is -1.49. The third-order valence-electron chi connectivity index (χ3n) is 1.73. The molecular weight excluding hydrogens is 206 g/mol. The number of ether oxygens (including phenoxy) is 2. The minimum absolute atomic E-state index is 0.287. The molecule has 0 amide bonds. The number of halogens is 2. The maximum absolute atomic E-state index is 11.7. The van der Waals surface area contributed by atoms with Gasteiger partial charge in [0.2, 0.25) is 0 Å². The summed E-state index contributed by atoms with van der Waals surface area (Å²) in [5, 5.41) is 0. The Morgan fingerprint density at radius 1 is 1.47 bits per heavy atom. The lowest BCUT2D eigenvalue weighted by atomic mass is 10.1. The normalized spacial score (nSPS) is 10.4. The van der Waals surface area contributed by atoms with E-state index in [0.29, 0.717) is 5.75 Å². The molecule has 0 aliphatic heterocycles. The average molecular weight is 216 g/mol. The van der Waals surface area contributed by atoms with E-state index in [1.165, 1.54) is 19.2 Å². The summed E-state index contributed by atoms with van der Waals surface area (Å²) < 4.78 is 32.1. The van der Waals surface area contributed by atoms with Crippen molar-refractivity contribution in [3.63, 3.8) is 0 Å². The van der Waals surface area contributed by atoms with Crippen molar-refractivity contribution < 1.29 is 23.0 Å². The number of hydrogen-bond donors (Lipinski definition) is 0. The summed E-state index contributed by atoms with van der Waals surface area (Å²) in [7, 11) is 1.46. The molecule has 15 heavy (non-hydrogen) atoms. The molecule has 0 aliphatic carbocycles. The number of ketones is 1. The van der Waals surface area contributed by atoms with Crippen molar-refractivity contribution in [2.45, 2.75) is 6.61 Å². The molecule has 0 radical (unpaired) electrons. The van der Waals surface area contributed by atoms with Gasteiger partial charge in [0.25, 0.3) is 0 Å². The molecule has 1 rings (SSSR count). The average Bonchev–Trinajstić information content (AvgIpc) is 2.26. The molecule has 0 bridgehead atoms. The highest BCUT2D eigenvalue weighted by Gasteiger charge is 2.10. The van der Waals surface area contributed by atoms with Crippen LogP contribution in [0.2, 0.25) is 0 Å². The minimum atomic E-state index is -2.93. The van der Waals surface area contributed by atoms with Crippen LogP contribution in [0.1, 0.15) is 10.4 Å². The number of Topliss-reactive ketones (excluding diaryl/α,β-unsaturated/α-hetero) is 1. The van der Waals surface area contributed by atoms with Crippen LogP contribution < -0.4 is 4.74 Å². The molecule has 0 aliphatic rings. The number of alkyl halides is 2. The number of methoxy groups -OCH3 is 1. The highest BCUT2D eigenvalue weighted by atomic mass is 19.3. The molecule has 0 saturated heterocycles. The zero-order chi connectivity index (χ0) is 11.3. The Morgan fingerprint density at radius 2 is 2.20 bits per heavy atom. The second-order valence-corrected chi connectivity index (χ2v) is 2.73. The minimum Gasteiger partial charge on any atom is -0.497 e. The van der Waals surface area contributed by atoms with Crippen LogP contribution in [0, 0.1) is 0 Å². The van der Waals surface area contributed by atoms with Gasteiger partial charge in [-0.25, -0.2) is 0 Å². The molecule has 82 valence electrons. The van der Waals surface area contributed by atoms with Gasteiger partial charge in [0.05, 0.1) is 7.11 Å². The van der Waals surface area contributed by atoms with Gasteiger partial charge in [0.1, 0.15) is 12.4 Å². The van der Waals surface area contributed by atoms with Crippen LogP contribution in [0.25, 0.3) is 0 Å². The van der Waals surface area contributed by atoms with Crippen LogP contribution in [-0.4, -0.2) is 26.1 Å². The van der Waals surface area contributed by atoms with Gasteiger partial charge < -0.3 is 9.47 Å². The summed E-state index contributed by atoms with van der Waals surface area (Å²) in [5.41, 5.74) is 0.287. The lowest BCUT2D eigenvalue weighted by Crippen LogP contribution is -2.12. The quantitative estimate of drug-likeness (QED) is 0.707. The lowest BCUT2D eigenvalue weighted by molar-refractivity contribution is -0.119. The van der Waals surface area contributed by atoms with Crippen LogP contribution in [0.4, 0.5) is 8.78 Å². The second-order valence-electron chi connectivity index (χ2n) is 2.73. The molecule has 0 atom stereocenters. The number of carbonyl (C=O) groups excluding carboxylic acids is 1. The first kappa shape index (κ1) is 11.6. The first-order valence-electron chi connectivity index (χ1n) is 4.20. The Balaban J connectivity index is 2.65. The van der Waals surface area contributed by atoms with E-state index < -0.39 is 19.0 Å². The van der Waals surface area contributed by atoms with Crippen molar-refractivity contribution in [3.8, 4) is 5.75 Å². The van der Waals surface area contributed by atoms with Gasteiger partial charge in [0.15, 0.2) is 5.78 Å².